The fourth-order valence-corrected chi connectivity index (χ4v) is 8.97. The molecule has 0 amide bonds. The molecule has 5 heterocycles. The summed E-state index contributed by atoms with van der Waals surface area (Å²) < 4.78 is 18.4. The van der Waals surface area contributed by atoms with Crippen LogP contribution in [0.2, 0.25) is 0 Å². The van der Waals surface area contributed by atoms with Gasteiger partial charge in [0.2, 0.25) is 0 Å². The van der Waals surface area contributed by atoms with Crippen molar-refractivity contribution in [3.8, 4) is 50.6 Å². The summed E-state index contributed by atoms with van der Waals surface area (Å²) >= 11 is 0. The van der Waals surface area contributed by atoms with Gasteiger partial charge in [0.05, 0.1) is 44.1 Å². The molecule has 0 fully saturated rings. The molecule has 9 aromatic rings. The first-order valence-corrected chi connectivity index (χ1v) is 19.9. The van der Waals surface area contributed by atoms with Crippen LogP contribution in [0.25, 0.3) is 112 Å². The van der Waals surface area contributed by atoms with E-state index < -0.39 is 0 Å². The highest BCUT2D eigenvalue weighted by Crippen LogP contribution is 2.46. The number of aromatic nitrogens is 4. The maximum atomic E-state index is 6.19. The van der Waals surface area contributed by atoms with Crippen LogP contribution in [-0.2, 0) is 0 Å². The molecule has 6 aromatic carbocycles. The number of benzene rings is 6. The highest BCUT2D eigenvalue weighted by Gasteiger charge is 2.23. The van der Waals surface area contributed by atoms with E-state index in [9.17, 15) is 0 Å². The van der Waals surface area contributed by atoms with Crippen LogP contribution in [0.5, 0.6) is 17.2 Å². The lowest BCUT2D eigenvalue weighted by Crippen LogP contribution is -1.95. The Morgan fingerprint density at radius 1 is 0.367 bits per heavy atom. The molecule has 7 nitrogen and oxygen atoms in total. The van der Waals surface area contributed by atoms with Crippen molar-refractivity contribution >= 4 is 78.7 Å². The third kappa shape index (κ3) is 5.66. The predicted molar refractivity (Wildman–Crippen MR) is 247 cm³/mol. The summed E-state index contributed by atoms with van der Waals surface area (Å²) in [5, 5.41) is 6.48. The van der Waals surface area contributed by atoms with Crippen LogP contribution in [0.1, 0.15) is 22.8 Å². The lowest BCUT2D eigenvalue weighted by Gasteiger charge is -2.15. The molecule has 288 valence electrons. The van der Waals surface area contributed by atoms with Gasteiger partial charge in [-0.05, 0) is 105 Å². The first kappa shape index (κ1) is 35.3. The predicted octanol–water partition coefficient (Wildman–Crippen LogP) is 13.1. The van der Waals surface area contributed by atoms with Gasteiger partial charge >= 0.3 is 0 Å². The summed E-state index contributed by atoms with van der Waals surface area (Å²) in [6.45, 7) is 0. The minimum absolute atomic E-state index is 0.741. The maximum Gasteiger partial charge on any atom is 0.127 e. The van der Waals surface area contributed by atoms with Crippen molar-refractivity contribution < 1.29 is 14.2 Å². The van der Waals surface area contributed by atoms with Crippen LogP contribution in [0.15, 0.2) is 140 Å². The van der Waals surface area contributed by atoms with Gasteiger partial charge in [-0.3, -0.25) is 0 Å². The van der Waals surface area contributed by atoms with Crippen molar-refractivity contribution in [2.24, 2.45) is 0 Å². The molecule has 0 aliphatic carbocycles. The molecule has 2 N–H and O–H groups in total. The molecule has 11 rings (SSSR count). The Morgan fingerprint density at radius 2 is 0.767 bits per heavy atom. The molecule has 0 unspecified atom stereocenters. The number of hydrogen-bond acceptors (Lipinski definition) is 5. The molecule has 2 aliphatic heterocycles. The average Bonchev–Trinajstić information content (AvgIpc) is 4.14. The molecule has 0 saturated carbocycles. The van der Waals surface area contributed by atoms with Gasteiger partial charge in [0.25, 0.3) is 0 Å². The molecular weight excluding hydrogens is 741 g/mol. The summed E-state index contributed by atoms with van der Waals surface area (Å²) in [6, 6.07) is 48.2. The number of rotatable bonds is 6. The number of nitrogens with one attached hydrogen (secondary N) is 2. The normalized spacial score (nSPS) is 12.1. The first-order chi connectivity index (χ1) is 29.6. The van der Waals surface area contributed by atoms with Crippen molar-refractivity contribution in [3.05, 3.63) is 162 Å². The van der Waals surface area contributed by atoms with E-state index in [1.165, 1.54) is 0 Å². The minimum atomic E-state index is 0.741. The summed E-state index contributed by atoms with van der Waals surface area (Å²) in [6.07, 6.45) is 8.38. The van der Waals surface area contributed by atoms with Crippen LogP contribution in [0.3, 0.4) is 0 Å². The lowest BCUT2D eigenvalue weighted by atomic mass is 9.95. The molecule has 0 atom stereocenters. The second kappa shape index (κ2) is 14.2. The van der Waals surface area contributed by atoms with E-state index in [2.05, 4.69) is 156 Å². The second-order valence-electron chi connectivity index (χ2n) is 14.9. The molecule has 60 heavy (non-hydrogen) atoms. The Kier molecular flexibility index (Phi) is 8.34. The Morgan fingerprint density at radius 3 is 1.23 bits per heavy atom. The van der Waals surface area contributed by atoms with E-state index in [0.717, 1.165) is 128 Å². The molecule has 7 heteroatoms. The fourth-order valence-electron chi connectivity index (χ4n) is 8.97. The number of H-pyrrole nitrogens is 2. The van der Waals surface area contributed by atoms with Crippen molar-refractivity contribution in [1.29, 1.82) is 0 Å². The third-order valence-corrected chi connectivity index (χ3v) is 11.7. The first-order valence-electron chi connectivity index (χ1n) is 19.9. The monoisotopic (exact) mass is 778 g/mol. The molecule has 8 bridgehead atoms. The van der Waals surface area contributed by atoms with E-state index in [1.54, 1.807) is 21.3 Å². The molecule has 3 aromatic heterocycles. The number of aromatic amines is 2. The van der Waals surface area contributed by atoms with Gasteiger partial charge in [0.1, 0.15) is 17.2 Å². The Bertz CT molecular complexity index is 3380. The van der Waals surface area contributed by atoms with Gasteiger partial charge in [-0.15, -0.1) is 0 Å². The lowest BCUT2D eigenvalue weighted by molar-refractivity contribution is 0.417. The van der Waals surface area contributed by atoms with Crippen LogP contribution >= 0.6 is 0 Å². The van der Waals surface area contributed by atoms with Crippen LogP contribution < -0.4 is 14.2 Å². The fraction of sp³-hybridized carbons (Fsp3) is 0.0566. The van der Waals surface area contributed by atoms with Crippen LogP contribution in [-0.4, -0.2) is 41.3 Å². The van der Waals surface area contributed by atoms with E-state index >= 15 is 0 Å². The Hall–Kier alpha value is -7.90. The zero-order chi connectivity index (χ0) is 40.3. The van der Waals surface area contributed by atoms with Gasteiger partial charge in [-0.25, -0.2) is 9.97 Å². The highest BCUT2D eigenvalue weighted by molar-refractivity contribution is 6.10. The largest absolute Gasteiger partial charge is 0.496 e. The van der Waals surface area contributed by atoms with E-state index in [4.69, 9.17) is 24.2 Å². The smallest absolute Gasteiger partial charge is 0.127 e. The van der Waals surface area contributed by atoms with Gasteiger partial charge in [-0.2, -0.15) is 0 Å². The number of hydrogen-bond donors (Lipinski definition) is 2. The summed E-state index contributed by atoms with van der Waals surface area (Å²) in [5.41, 5.74) is 12.4. The van der Waals surface area contributed by atoms with Crippen molar-refractivity contribution in [3.63, 3.8) is 0 Å². The standard InChI is InChI=1S/C53H38N4O3/c1-58-45-27-16-31-10-4-7-13-36(31)48(45)51-39-21-19-34(54-39)30-35-20-22-40(55-35)52(49-37-14-8-5-11-32(37)17-28-46(49)59-2)42-24-26-44(57-42)53(43-25-23-41(51)56-43)50-38-15-9-6-12-33(38)18-29-47(50)60-3/h4-30,54,57H,1-3H3. The average molecular weight is 779 g/mol. The molecule has 2 aliphatic rings. The van der Waals surface area contributed by atoms with Crippen LogP contribution in [0, 0.1) is 0 Å². The second-order valence-corrected chi connectivity index (χ2v) is 14.9. The molecule has 0 spiro atoms. The quantitative estimate of drug-likeness (QED) is 0.176. The zero-order valence-electron chi connectivity index (χ0n) is 33.2. The Balaban J connectivity index is 1.35. The van der Waals surface area contributed by atoms with Crippen molar-refractivity contribution in [2.45, 2.75) is 0 Å². The van der Waals surface area contributed by atoms with E-state index in [1.807, 2.05) is 18.2 Å². The highest BCUT2D eigenvalue weighted by atomic mass is 16.5. The van der Waals surface area contributed by atoms with Crippen molar-refractivity contribution in [1.82, 2.24) is 19.9 Å². The number of ether oxygens (including phenoxy) is 3. The van der Waals surface area contributed by atoms with Gasteiger partial charge in [0, 0.05) is 55.4 Å². The maximum absolute atomic E-state index is 6.19. The minimum Gasteiger partial charge on any atom is -0.496 e. The number of fused-ring (bicyclic) bond motifs is 11. The van der Waals surface area contributed by atoms with Gasteiger partial charge < -0.3 is 24.2 Å². The molecule has 0 radical (unpaired) electrons. The van der Waals surface area contributed by atoms with Gasteiger partial charge in [-0.1, -0.05) is 91.0 Å². The zero-order valence-corrected chi connectivity index (χ0v) is 33.2. The summed E-state index contributed by atoms with van der Waals surface area (Å²) in [5.74, 6) is 2.25. The number of methoxy groups -OCH3 is 3. The van der Waals surface area contributed by atoms with E-state index in [0.29, 0.717) is 0 Å². The SMILES string of the molecule is COc1ccc2ccccc2c1-c1c2nc(c(-c3c(OC)ccc4ccccc34)c3ccc([nH]3)c(-c3c(OC)ccc4ccccc34)c3nc(cc4ccc1[nH]4)C=C3)C=C2. The topological polar surface area (TPSA) is 85.1 Å². The summed E-state index contributed by atoms with van der Waals surface area (Å²) in [4.78, 5) is 18.5. The molecular formula is C53H38N4O3. The summed E-state index contributed by atoms with van der Waals surface area (Å²) in [7, 11) is 5.17. The van der Waals surface area contributed by atoms with E-state index in [-0.39, 0.29) is 0 Å². The van der Waals surface area contributed by atoms with Crippen molar-refractivity contribution in [2.75, 3.05) is 21.3 Å². The van der Waals surface area contributed by atoms with Crippen LogP contribution in [0.4, 0.5) is 0 Å². The Labute approximate surface area is 345 Å². The number of nitrogens with zero attached hydrogens (tertiary/aromatic N) is 2. The third-order valence-electron chi connectivity index (χ3n) is 11.7. The van der Waals surface area contributed by atoms with Gasteiger partial charge in [0.15, 0.2) is 0 Å². The molecule has 0 saturated heterocycles.